The molecule has 3 amide bonds. The van der Waals surface area contributed by atoms with Crippen LogP contribution in [0.25, 0.3) is 11.1 Å². The summed E-state index contributed by atoms with van der Waals surface area (Å²) in [6.07, 6.45) is 0.231. The Morgan fingerprint density at radius 2 is 1.97 bits per heavy atom. The van der Waals surface area contributed by atoms with Crippen LogP contribution in [0.3, 0.4) is 0 Å². The summed E-state index contributed by atoms with van der Waals surface area (Å²) < 4.78 is 5.83. The van der Waals surface area contributed by atoms with Gasteiger partial charge >= 0.3 is 6.03 Å². The molecule has 2 N–H and O–H groups in total. The van der Waals surface area contributed by atoms with Crippen molar-refractivity contribution in [3.8, 4) is 0 Å². The highest BCUT2D eigenvalue weighted by molar-refractivity contribution is 5.92. The van der Waals surface area contributed by atoms with Crippen molar-refractivity contribution in [2.75, 3.05) is 18.4 Å². The zero-order valence-electron chi connectivity index (χ0n) is 17.4. The molecule has 2 heterocycles. The van der Waals surface area contributed by atoms with Crippen LogP contribution in [-0.2, 0) is 10.2 Å². The number of hydrogen-bond donors (Lipinski definition) is 2. The average Bonchev–Trinajstić information content (AvgIpc) is 3.04. The summed E-state index contributed by atoms with van der Waals surface area (Å²) in [5, 5.41) is 5.81. The lowest BCUT2D eigenvalue weighted by atomic mass is 9.97. The van der Waals surface area contributed by atoms with Crippen LogP contribution in [0, 0.1) is 0 Å². The first-order valence-corrected chi connectivity index (χ1v) is 10.1. The number of urea groups is 1. The van der Waals surface area contributed by atoms with Crippen molar-refractivity contribution >= 4 is 28.7 Å². The van der Waals surface area contributed by atoms with Gasteiger partial charge in [0.25, 0.3) is 0 Å². The van der Waals surface area contributed by atoms with Gasteiger partial charge in [-0.1, -0.05) is 51.1 Å². The fraction of sp³-hybridized carbons (Fsp3) is 0.348. The van der Waals surface area contributed by atoms with Crippen molar-refractivity contribution in [2.24, 2.45) is 0 Å². The van der Waals surface area contributed by atoms with E-state index in [4.69, 9.17) is 4.42 Å². The van der Waals surface area contributed by atoms with Crippen molar-refractivity contribution in [1.82, 2.24) is 15.2 Å². The molecule has 2 aromatic carbocycles. The number of hydrogen-bond acceptors (Lipinski definition) is 4. The van der Waals surface area contributed by atoms with Crippen LogP contribution in [-0.4, -0.2) is 34.9 Å². The molecule has 0 bridgehead atoms. The second-order valence-corrected chi connectivity index (χ2v) is 8.56. The topological polar surface area (TPSA) is 87.5 Å². The molecule has 1 fully saturated rings. The van der Waals surface area contributed by atoms with E-state index in [-0.39, 0.29) is 29.8 Å². The minimum absolute atomic E-state index is 0.0575. The summed E-state index contributed by atoms with van der Waals surface area (Å²) in [5.74, 6) is 0.597. The molecule has 1 aromatic heterocycles. The first-order chi connectivity index (χ1) is 14.3. The van der Waals surface area contributed by atoms with Crippen molar-refractivity contribution in [2.45, 2.75) is 38.6 Å². The quantitative estimate of drug-likeness (QED) is 0.667. The molecule has 1 saturated heterocycles. The van der Waals surface area contributed by atoms with Gasteiger partial charge in [-0.15, -0.1) is 0 Å². The SMILES string of the molecule is CC(C)(C)c1nc2cc(NC(=O)N3CCNC(=O)C[C@H]3c3ccccc3)ccc2o1. The zero-order valence-corrected chi connectivity index (χ0v) is 17.4. The Labute approximate surface area is 175 Å². The molecule has 0 spiro atoms. The van der Waals surface area contributed by atoms with Gasteiger partial charge in [0.1, 0.15) is 5.52 Å². The molecule has 0 unspecified atom stereocenters. The van der Waals surface area contributed by atoms with Crippen LogP contribution in [0.4, 0.5) is 10.5 Å². The predicted octanol–water partition coefficient (Wildman–Crippen LogP) is 4.22. The summed E-state index contributed by atoms with van der Waals surface area (Å²) in [6, 6.07) is 14.5. The van der Waals surface area contributed by atoms with Gasteiger partial charge in [0.15, 0.2) is 5.58 Å². The van der Waals surface area contributed by atoms with Crippen molar-refractivity contribution < 1.29 is 14.0 Å². The van der Waals surface area contributed by atoms with Gasteiger partial charge in [-0.3, -0.25) is 4.79 Å². The van der Waals surface area contributed by atoms with Crippen LogP contribution >= 0.6 is 0 Å². The molecule has 0 saturated carbocycles. The zero-order chi connectivity index (χ0) is 21.3. The van der Waals surface area contributed by atoms with Crippen LogP contribution in [0.2, 0.25) is 0 Å². The molecule has 7 heteroatoms. The maximum atomic E-state index is 13.1. The van der Waals surface area contributed by atoms with E-state index in [1.165, 1.54) is 0 Å². The molecule has 1 atom stereocenters. The Hall–Kier alpha value is -3.35. The summed E-state index contributed by atoms with van der Waals surface area (Å²) in [6.45, 7) is 6.97. The van der Waals surface area contributed by atoms with Crippen molar-refractivity contribution in [3.05, 3.63) is 60.0 Å². The molecule has 1 aliphatic rings. The monoisotopic (exact) mass is 406 g/mol. The molecule has 30 heavy (non-hydrogen) atoms. The second-order valence-electron chi connectivity index (χ2n) is 8.56. The highest BCUT2D eigenvalue weighted by atomic mass is 16.3. The minimum Gasteiger partial charge on any atom is -0.440 e. The van der Waals surface area contributed by atoms with Crippen molar-refractivity contribution in [3.63, 3.8) is 0 Å². The third kappa shape index (κ3) is 4.15. The number of fused-ring (bicyclic) bond motifs is 1. The standard InChI is InChI=1S/C23H26N4O3/c1-23(2,3)21-26-17-13-16(9-10-19(17)30-21)25-22(29)27-12-11-24-20(28)14-18(27)15-7-5-4-6-8-15/h4-10,13,18H,11-12,14H2,1-3H3,(H,24,28)(H,25,29)/t18-/m0/s1. The summed E-state index contributed by atoms with van der Waals surface area (Å²) in [5.41, 5.74) is 2.76. The number of oxazole rings is 1. The van der Waals surface area contributed by atoms with Gasteiger partial charge < -0.3 is 20.0 Å². The number of anilines is 1. The third-order valence-corrected chi connectivity index (χ3v) is 5.16. The summed E-state index contributed by atoms with van der Waals surface area (Å²) in [4.78, 5) is 31.6. The van der Waals surface area contributed by atoms with Gasteiger partial charge in [0, 0.05) is 24.2 Å². The predicted molar refractivity (Wildman–Crippen MR) is 115 cm³/mol. The highest BCUT2D eigenvalue weighted by Gasteiger charge is 2.30. The fourth-order valence-corrected chi connectivity index (χ4v) is 3.57. The van der Waals surface area contributed by atoms with Crippen LogP contribution in [0.5, 0.6) is 0 Å². The lowest BCUT2D eigenvalue weighted by Gasteiger charge is -2.29. The van der Waals surface area contributed by atoms with E-state index in [2.05, 4.69) is 15.6 Å². The van der Waals surface area contributed by atoms with E-state index in [0.717, 1.165) is 5.56 Å². The molecule has 1 aliphatic heterocycles. The Balaban J connectivity index is 1.58. The highest BCUT2D eigenvalue weighted by Crippen LogP contribution is 2.29. The molecule has 0 aliphatic carbocycles. The lowest BCUT2D eigenvalue weighted by molar-refractivity contribution is -0.121. The number of nitrogens with one attached hydrogen (secondary N) is 2. The van der Waals surface area contributed by atoms with E-state index in [9.17, 15) is 9.59 Å². The first-order valence-electron chi connectivity index (χ1n) is 10.1. The number of aromatic nitrogens is 1. The molecular weight excluding hydrogens is 380 g/mol. The first kappa shape index (κ1) is 19.9. The van der Waals surface area contributed by atoms with Gasteiger partial charge in [0.2, 0.25) is 11.8 Å². The number of nitrogens with zero attached hydrogens (tertiary/aromatic N) is 2. The van der Waals surface area contributed by atoms with E-state index < -0.39 is 0 Å². The average molecular weight is 406 g/mol. The molecule has 7 nitrogen and oxygen atoms in total. The Morgan fingerprint density at radius 3 is 2.70 bits per heavy atom. The van der Waals surface area contributed by atoms with Crippen LogP contribution in [0.1, 0.15) is 44.7 Å². The van der Waals surface area contributed by atoms with Crippen LogP contribution in [0.15, 0.2) is 52.9 Å². The minimum atomic E-state index is -0.322. The Morgan fingerprint density at radius 1 is 1.20 bits per heavy atom. The molecule has 0 radical (unpaired) electrons. The van der Waals surface area contributed by atoms with E-state index in [1.54, 1.807) is 11.0 Å². The maximum absolute atomic E-state index is 13.1. The largest absolute Gasteiger partial charge is 0.440 e. The maximum Gasteiger partial charge on any atom is 0.322 e. The van der Waals surface area contributed by atoms with Gasteiger partial charge in [-0.25, -0.2) is 9.78 Å². The number of benzene rings is 2. The third-order valence-electron chi connectivity index (χ3n) is 5.16. The molecule has 156 valence electrons. The van der Waals surface area contributed by atoms with E-state index in [0.29, 0.717) is 35.8 Å². The van der Waals surface area contributed by atoms with Gasteiger partial charge in [-0.2, -0.15) is 0 Å². The molecular formula is C23H26N4O3. The number of carbonyl (C=O) groups is 2. The fourth-order valence-electron chi connectivity index (χ4n) is 3.57. The molecule has 3 aromatic rings. The normalized spacial score (nSPS) is 17.5. The number of rotatable bonds is 2. The number of carbonyl (C=O) groups excluding carboxylic acids is 2. The summed E-state index contributed by atoms with van der Waals surface area (Å²) in [7, 11) is 0. The van der Waals surface area contributed by atoms with Gasteiger partial charge in [-0.05, 0) is 23.8 Å². The van der Waals surface area contributed by atoms with Crippen molar-refractivity contribution in [1.29, 1.82) is 0 Å². The lowest BCUT2D eigenvalue weighted by Crippen LogP contribution is -2.39. The van der Waals surface area contributed by atoms with Gasteiger partial charge in [0.05, 0.1) is 12.5 Å². The Bertz CT molecular complexity index is 1070. The number of amides is 3. The molecule has 4 rings (SSSR count). The van der Waals surface area contributed by atoms with E-state index in [1.807, 2.05) is 63.2 Å². The Kier molecular flexibility index (Phi) is 5.20. The second kappa shape index (κ2) is 7.82. The van der Waals surface area contributed by atoms with E-state index >= 15 is 0 Å². The smallest absolute Gasteiger partial charge is 0.322 e. The summed E-state index contributed by atoms with van der Waals surface area (Å²) >= 11 is 0. The van der Waals surface area contributed by atoms with Crippen LogP contribution < -0.4 is 10.6 Å².